The van der Waals surface area contributed by atoms with Crippen LogP contribution in [-0.4, -0.2) is 24.2 Å². The van der Waals surface area contributed by atoms with Crippen molar-refractivity contribution in [2.45, 2.75) is 0 Å². The summed E-state index contributed by atoms with van der Waals surface area (Å²) in [5.41, 5.74) is 0.762. The van der Waals surface area contributed by atoms with Crippen molar-refractivity contribution in [1.29, 1.82) is 0 Å². The smallest absolute Gasteiger partial charge is 0.333 e. The number of hydrogen-bond acceptors (Lipinski definition) is 4. The van der Waals surface area contributed by atoms with Crippen molar-refractivity contribution >= 4 is 35.3 Å². The number of benzene rings is 2. The van der Waals surface area contributed by atoms with Gasteiger partial charge in [0.25, 0.3) is 5.91 Å². The van der Waals surface area contributed by atoms with Gasteiger partial charge in [-0.3, -0.25) is 4.79 Å². The molecule has 1 heterocycles. The average Bonchev–Trinajstić information content (AvgIpc) is 2.83. The van der Waals surface area contributed by atoms with Gasteiger partial charge in [0, 0.05) is 10.6 Å². The molecule has 0 unspecified atom stereocenters. The van der Waals surface area contributed by atoms with E-state index in [2.05, 4.69) is 5.32 Å². The van der Waals surface area contributed by atoms with Crippen LogP contribution in [0.15, 0.2) is 48.2 Å². The van der Waals surface area contributed by atoms with Crippen LogP contribution in [0.3, 0.4) is 0 Å². The highest BCUT2D eigenvalue weighted by Crippen LogP contribution is 2.32. The van der Waals surface area contributed by atoms with E-state index in [1.54, 1.807) is 36.4 Å². The molecule has 6 nitrogen and oxygen atoms in total. The quantitative estimate of drug-likeness (QED) is 0.662. The lowest BCUT2D eigenvalue weighted by molar-refractivity contribution is -0.113. The number of carbonyl (C=O) groups is 2. The number of aromatic hydroxyl groups is 1. The van der Waals surface area contributed by atoms with E-state index in [0.29, 0.717) is 16.3 Å². The minimum Gasteiger partial charge on any atom is -0.504 e. The maximum atomic E-state index is 12.5. The number of para-hydroxylation sites is 1. The maximum absolute atomic E-state index is 12.5. The Morgan fingerprint density at radius 1 is 1.21 bits per heavy atom. The molecule has 1 aliphatic rings. The van der Waals surface area contributed by atoms with Crippen LogP contribution in [0.4, 0.5) is 10.5 Å². The summed E-state index contributed by atoms with van der Waals surface area (Å²) in [5.74, 6) is -0.381. The molecule has 0 atom stereocenters. The largest absolute Gasteiger partial charge is 0.504 e. The number of methoxy groups -OCH3 is 1. The molecular weight excluding hydrogens is 332 g/mol. The molecule has 0 bridgehead atoms. The first kappa shape index (κ1) is 15.9. The normalized spacial score (nSPS) is 15.8. The molecule has 2 aromatic rings. The van der Waals surface area contributed by atoms with E-state index < -0.39 is 11.9 Å². The van der Waals surface area contributed by atoms with Crippen molar-refractivity contribution in [2.24, 2.45) is 0 Å². The number of nitrogens with zero attached hydrogens (tertiary/aromatic N) is 1. The third kappa shape index (κ3) is 2.79. The van der Waals surface area contributed by atoms with Crippen LogP contribution in [0.5, 0.6) is 11.5 Å². The highest BCUT2D eigenvalue weighted by atomic mass is 35.5. The van der Waals surface area contributed by atoms with Crippen LogP contribution < -0.4 is 15.0 Å². The molecule has 24 heavy (non-hydrogen) atoms. The Morgan fingerprint density at radius 3 is 2.67 bits per heavy atom. The number of imide groups is 1. The van der Waals surface area contributed by atoms with Gasteiger partial charge in [-0.15, -0.1) is 0 Å². The molecule has 1 saturated heterocycles. The molecule has 2 aromatic carbocycles. The van der Waals surface area contributed by atoms with Crippen LogP contribution >= 0.6 is 11.6 Å². The third-order valence-electron chi connectivity index (χ3n) is 3.49. The van der Waals surface area contributed by atoms with Gasteiger partial charge in [0.05, 0.1) is 12.8 Å². The van der Waals surface area contributed by atoms with Gasteiger partial charge >= 0.3 is 6.03 Å². The van der Waals surface area contributed by atoms with Crippen LogP contribution in [0, 0.1) is 0 Å². The predicted molar refractivity (Wildman–Crippen MR) is 90.1 cm³/mol. The van der Waals surface area contributed by atoms with Gasteiger partial charge in [0.15, 0.2) is 11.5 Å². The van der Waals surface area contributed by atoms with Crippen molar-refractivity contribution in [3.8, 4) is 11.5 Å². The zero-order valence-corrected chi connectivity index (χ0v) is 13.4. The lowest BCUT2D eigenvalue weighted by Crippen LogP contribution is -2.30. The Hall–Kier alpha value is -2.99. The summed E-state index contributed by atoms with van der Waals surface area (Å²) < 4.78 is 5.03. The fourth-order valence-electron chi connectivity index (χ4n) is 2.36. The lowest BCUT2D eigenvalue weighted by Gasteiger charge is -2.11. The molecule has 1 aliphatic heterocycles. The molecule has 0 saturated carbocycles. The zero-order chi connectivity index (χ0) is 17.3. The van der Waals surface area contributed by atoms with E-state index in [1.807, 2.05) is 0 Å². The van der Waals surface area contributed by atoms with E-state index >= 15 is 0 Å². The molecular formula is C17H13ClN2O4. The predicted octanol–water partition coefficient (Wildman–Crippen LogP) is 3.15. The van der Waals surface area contributed by atoms with Gasteiger partial charge in [-0.2, -0.15) is 0 Å². The molecule has 3 amide bonds. The molecule has 0 radical (unpaired) electrons. The second-order valence-corrected chi connectivity index (χ2v) is 5.44. The summed E-state index contributed by atoms with van der Waals surface area (Å²) in [4.78, 5) is 25.6. The Balaban J connectivity index is 1.97. The number of ether oxygens (including phenoxy) is 1. The molecule has 1 fully saturated rings. The van der Waals surface area contributed by atoms with E-state index in [9.17, 15) is 14.7 Å². The van der Waals surface area contributed by atoms with Gasteiger partial charge in [-0.25, -0.2) is 9.69 Å². The second kappa shape index (κ2) is 6.25. The molecule has 0 aliphatic carbocycles. The number of rotatable bonds is 3. The molecule has 0 spiro atoms. The monoisotopic (exact) mass is 344 g/mol. The Bertz CT molecular complexity index is 863. The Kier molecular flexibility index (Phi) is 4.14. The molecule has 122 valence electrons. The van der Waals surface area contributed by atoms with Gasteiger partial charge < -0.3 is 15.2 Å². The first-order valence-corrected chi connectivity index (χ1v) is 7.37. The highest BCUT2D eigenvalue weighted by molar-refractivity contribution is 6.32. The number of nitrogens with one attached hydrogen (secondary N) is 1. The topological polar surface area (TPSA) is 78.9 Å². The van der Waals surface area contributed by atoms with Crippen LogP contribution in [0.2, 0.25) is 5.02 Å². The van der Waals surface area contributed by atoms with E-state index in [-0.39, 0.29) is 17.2 Å². The van der Waals surface area contributed by atoms with Gasteiger partial charge in [0.2, 0.25) is 0 Å². The number of phenolic OH excluding ortho intramolecular Hbond substituents is 1. The number of amides is 3. The van der Waals surface area contributed by atoms with E-state index in [1.165, 1.54) is 19.3 Å². The van der Waals surface area contributed by atoms with Crippen LogP contribution in [0.1, 0.15) is 5.56 Å². The average molecular weight is 345 g/mol. The second-order valence-electron chi connectivity index (χ2n) is 5.01. The van der Waals surface area contributed by atoms with Crippen LogP contribution in [-0.2, 0) is 4.79 Å². The summed E-state index contributed by atoms with van der Waals surface area (Å²) in [5, 5.41) is 13.0. The minimum absolute atomic E-state index is 0.0449. The first-order valence-electron chi connectivity index (χ1n) is 7.00. The summed E-state index contributed by atoms with van der Waals surface area (Å²) in [6.07, 6.45) is 1.39. The van der Waals surface area contributed by atoms with Crippen LogP contribution in [0.25, 0.3) is 6.08 Å². The number of urea groups is 1. The van der Waals surface area contributed by atoms with E-state index in [4.69, 9.17) is 16.3 Å². The maximum Gasteiger partial charge on any atom is 0.333 e. The highest BCUT2D eigenvalue weighted by Gasteiger charge is 2.35. The standard InChI is InChI=1S/C17H13ClN2O4/c1-24-14-7-2-4-10(15(14)21)8-13-16(22)20(17(23)19-13)12-6-3-5-11(18)9-12/h2-9,21H,1H3,(H,19,23). The summed E-state index contributed by atoms with van der Waals surface area (Å²) in [6, 6.07) is 10.7. The third-order valence-corrected chi connectivity index (χ3v) is 3.73. The van der Waals surface area contributed by atoms with E-state index in [0.717, 1.165) is 4.90 Å². The minimum atomic E-state index is -0.587. The summed E-state index contributed by atoms with van der Waals surface area (Å²) >= 11 is 5.91. The van der Waals surface area contributed by atoms with Crippen molar-refractivity contribution in [2.75, 3.05) is 12.0 Å². The van der Waals surface area contributed by atoms with Crippen molar-refractivity contribution in [3.63, 3.8) is 0 Å². The van der Waals surface area contributed by atoms with Gasteiger partial charge in [-0.1, -0.05) is 29.8 Å². The number of halogens is 1. The fourth-order valence-corrected chi connectivity index (χ4v) is 2.55. The summed E-state index contributed by atoms with van der Waals surface area (Å²) in [6.45, 7) is 0. The fraction of sp³-hybridized carbons (Fsp3) is 0.0588. The van der Waals surface area contributed by atoms with Gasteiger partial charge in [0.1, 0.15) is 5.70 Å². The number of carbonyl (C=O) groups excluding carboxylic acids is 2. The first-order chi connectivity index (χ1) is 11.5. The van der Waals surface area contributed by atoms with Crippen molar-refractivity contribution < 1.29 is 19.4 Å². The molecule has 2 N–H and O–H groups in total. The Labute approximate surface area is 142 Å². The Morgan fingerprint density at radius 2 is 1.96 bits per heavy atom. The van der Waals surface area contributed by atoms with Crippen molar-refractivity contribution in [1.82, 2.24) is 5.32 Å². The van der Waals surface area contributed by atoms with Gasteiger partial charge in [-0.05, 0) is 30.3 Å². The molecule has 0 aromatic heterocycles. The number of phenols is 1. The molecule has 3 rings (SSSR count). The summed E-state index contributed by atoms with van der Waals surface area (Å²) in [7, 11) is 1.43. The molecule has 7 heteroatoms. The van der Waals surface area contributed by atoms with Crippen molar-refractivity contribution in [3.05, 3.63) is 58.7 Å². The number of hydrogen-bond donors (Lipinski definition) is 2. The SMILES string of the molecule is COc1cccc(C=C2NC(=O)N(c3cccc(Cl)c3)C2=O)c1O. The number of anilines is 1. The zero-order valence-electron chi connectivity index (χ0n) is 12.6. The lowest BCUT2D eigenvalue weighted by atomic mass is 10.1.